The van der Waals surface area contributed by atoms with Crippen molar-refractivity contribution in [1.82, 2.24) is 9.29 Å². The molecule has 9 heteroatoms. The number of nitrogens with one attached hydrogen (secondary N) is 1. The number of nitrogens with zero attached hydrogens (tertiary/aromatic N) is 2. The number of piperidine rings is 1. The second-order valence-electron chi connectivity index (χ2n) is 6.80. The molecule has 0 saturated carbocycles. The predicted octanol–water partition coefficient (Wildman–Crippen LogP) is 3.73. The first-order valence-corrected chi connectivity index (χ1v) is 11.6. The van der Waals surface area contributed by atoms with Crippen LogP contribution in [0.1, 0.15) is 29.6 Å². The summed E-state index contributed by atoms with van der Waals surface area (Å²) >= 11 is 1.25. The summed E-state index contributed by atoms with van der Waals surface area (Å²) in [7, 11) is -1.97. The second kappa shape index (κ2) is 8.10. The van der Waals surface area contributed by atoms with Gasteiger partial charge in [-0.25, -0.2) is 13.4 Å². The van der Waals surface area contributed by atoms with Crippen molar-refractivity contribution in [2.75, 3.05) is 25.5 Å². The maximum atomic E-state index is 12.9. The molecule has 1 aliphatic heterocycles. The van der Waals surface area contributed by atoms with Crippen LogP contribution in [0.25, 0.3) is 10.2 Å². The molecule has 0 radical (unpaired) electrons. The summed E-state index contributed by atoms with van der Waals surface area (Å²) in [6.45, 7) is 1.12. The van der Waals surface area contributed by atoms with Gasteiger partial charge in [0, 0.05) is 18.7 Å². The topological polar surface area (TPSA) is 88.6 Å². The first kappa shape index (κ1) is 19.8. The van der Waals surface area contributed by atoms with Gasteiger partial charge in [-0.15, -0.1) is 0 Å². The van der Waals surface area contributed by atoms with Crippen LogP contribution in [0.3, 0.4) is 0 Å². The molecule has 2 heterocycles. The molecule has 3 aromatic rings. The molecule has 0 bridgehead atoms. The van der Waals surface area contributed by atoms with Crippen molar-refractivity contribution >= 4 is 42.6 Å². The van der Waals surface area contributed by atoms with E-state index >= 15 is 0 Å². The molecule has 1 saturated heterocycles. The number of carbonyl (C=O) groups excluding carboxylic acids is 1. The highest BCUT2D eigenvalue weighted by Gasteiger charge is 2.26. The Morgan fingerprint density at radius 2 is 1.93 bits per heavy atom. The molecular weight excluding hydrogens is 410 g/mol. The van der Waals surface area contributed by atoms with Crippen molar-refractivity contribution in [2.24, 2.45) is 0 Å². The number of ether oxygens (including phenoxy) is 1. The molecule has 1 N–H and O–H groups in total. The fraction of sp³-hybridized carbons (Fsp3) is 0.300. The fourth-order valence-electron chi connectivity index (χ4n) is 3.31. The molecule has 29 heavy (non-hydrogen) atoms. The van der Waals surface area contributed by atoms with E-state index in [2.05, 4.69) is 10.3 Å². The number of amides is 1. The molecule has 0 unspecified atom stereocenters. The number of rotatable bonds is 5. The van der Waals surface area contributed by atoms with Crippen molar-refractivity contribution in [3.8, 4) is 5.75 Å². The van der Waals surface area contributed by atoms with Crippen molar-refractivity contribution in [3.05, 3.63) is 48.0 Å². The number of fused-ring (bicyclic) bond motifs is 1. The molecule has 7 nitrogen and oxygen atoms in total. The van der Waals surface area contributed by atoms with E-state index in [0.717, 1.165) is 19.3 Å². The minimum Gasteiger partial charge on any atom is -0.497 e. The molecule has 1 aliphatic rings. The lowest BCUT2D eigenvalue weighted by atomic mass is 10.2. The highest BCUT2D eigenvalue weighted by Crippen LogP contribution is 2.30. The van der Waals surface area contributed by atoms with Gasteiger partial charge in [0.05, 0.1) is 22.2 Å². The third kappa shape index (κ3) is 4.12. The highest BCUT2D eigenvalue weighted by atomic mass is 32.2. The first-order valence-electron chi connectivity index (χ1n) is 9.33. The van der Waals surface area contributed by atoms with Gasteiger partial charge >= 0.3 is 0 Å². The van der Waals surface area contributed by atoms with Crippen LogP contribution in [0, 0.1) is 0 Å². The first-order chi connectivity index (χ1) is 14.0. The van der Waals surface area contributed by atoms with Crippen LogP contribution in [-0.4, -0.2) is 43.8 Å². The zero-order valence-electron chi connectivity index (χ0n) is 15.9. The smallest absolute Gasteiger partial charge is 0.257 e. The van der Waals surface area contributed by atoms with Gasteiger partial charge in [-0.2, -0.15) is 4.31 Å². The number of sulfonamides is 1. The van der Waals surface area contributed by atoms with Crippen LogP contribution in [0.4, 0.5) is 5.13 Å². The number of hydrogen-bond donors (Lipinski definition) is 1. The minimum atomic E-state index is -3.51. The molecule has 0 aliphatic carbocycles. The quantitative estimate of drug-likeness (QED) is 0.665. The van der Waals surface area contributed by atoms with E-state index in [1.807, 2.05) is 0 Å². The maximum absolute atomic E-state index is 12.9. The lowest BCUT2D eigenvalue weighted by Gasteiger charge is -2.25. The van der Waals surface area contributed by atoms with E-state index < -0.39 is 10.0 Å². The Morgan fingerprint density at radius 3 is 2.69 bits per heavy atom. The molecule has 1 fully saturated rings. The average Bonchev–Trinajstić information content (AvgIpc) is 3.15. The van der Waals surface area contributed by atoms with Crippen molar-refractivity contribution < 1.29 is 17.9 Å². The molecule has 0 spiro atoms. The summed E-state index contributed by atoms with van der Waals surface area (Å²) in [6, 6.07) is 11.7. The van der Waals surface area contributed by atoms with E-state index in [4.69, 9.17) is 4.74 Å². The molecule has 1 aromatic heterocycles. The van der Waals surface area contributed by atoms with E-state index in [9.17, 15) is 13.2 Å². The Labute approximate surface area is 173 Å². The Hall–Kier alpha value is -2.49. The van der Waals surface area contributed by atoms with Crippen molar-refractivity contribution in [1.29, 1.82) is 0 Å². The van der Waals surface area contributed by atoms with Crippen LogP contribution in [0.15, 0.2) is 47.4 Å². The van der Waals surface area contributed by atoms with Crippen molar-refractivity contribution in [2.45, 2.75) is 24.2 Å². The summed E-state index contributed by atoms with van der Waals surface area (Å²) in [4.78, 5) is 17.2. The number of aromatic nitrogens is 1. The SMILES string of the molecule is COc1cccc(C(=O)Nc2nc3ccc(S(=O)(=O)N4CCCCC4)cc3s2)c1. The van der Waals surface area contributed by atoms with E-state index in [0.29, 0.717) is 39.8 Å². The summed E-state index contributed by atoms with van der Waals surface area (Å²) in [5.74, 6) is 0.290. The van der Waals surface area contributed by atoms with Gasteiger partial charge in [-0.3, -0.25) is 10.1 Å². The largest absolute Gasteiger partial charge is 0.497 e. The van der Waals surface area contributed by atoms with Gasteiger partial charge in [0.2, 0.25) is 10.0 Å². The third-order valence-electron chi connectivity index (χ3n) is 4.87. The van der Waals surface area contributed by atoms with Crippen LogP contribution >= 0.6 is 11.3 Å². The molecule has 1 amide bonds. The highest BCUT2D eigenvalue weighted by molar-refractivity contribution is 7.89. The minimum absolute atomic E-state index is 0.265. The summed E-state index contributed by atoms with van der Waals surface area (Å²) in [6.07, 6.45) is 2.85. The zero-order valence-corrected chi connectivity index (χ0v) is 17.6. The standard InChI is InChI=1S/C20H21N3O4S2/c1-27-15-7-5-6-14(12-15)19(24)22-20-21-17-9-8-16(13-18(17)28-20)29(25,26)23-10-3-2-4-11-23/h5-9,12-13H,2-4,10-11H2,1H3,(H,21,22,24). The Morgan fingerprint density at radius 1 is 1.14 bits per heavy atom. The van der Waals surface area contributed by atoms with Crippen LogP contribution < -0.4 is 10.1 Å². The normalized spacial score (nSPS) is 15.3. The lowest BCUT2D eigenvalue weighted by molar-refractivity contribution is 0.102. The lowest BCUT2D eigenvalue weighted by Crippen LogP contribution is -2.35. The molecule has 2 aromatic carbocycles. The molecule has 4 rings (SSSR count). The van der Waals surface area contributed by atoms with Gasteiger partial charge in [0.25, 0.3) is 5.91 Å². The maximum Gasteiger partial charge on any atom is 0.257 e. The third-order valence-corrected chi connectivity index (χ3v) is 7.69. The Bertz CT molecular complexity index is 1150. The number of carbonyl (C=O) groups is 1. The summed E-state index contributed by atoms with van der Waals surface area (Å²) < 4.78 is 33.2. The van der Waals surface area contributed by atoms with Crippen LogP contribution in [-0.2, 0) is 10.0 Å². The van der Waals surface area contributed by atoms with Gasteiger partial charge < -0.3 is 4.74 Å². The van der Waals surface area contributed by atoms with Gasteiger partial charge in [0.15, 0.2) is 5.13 Å². The monoisotopic (exact) mass is 431 g/mol. The number of methoxy groups -OCH3 is 1. The Kier molecular flexibility index (Phi) is 5.53. The Balaban J connectivity index is 1.57. The number of benzene rings is 2. The van der Waals surface area contributed by atoms with E-state index in [1.165, 1.54) is 11.3 Å². The van der Waals surface area contributed by atoms with Gasteiger partial charge in [-0.1, -0.05) is 23.8 Å². The number of anilines is 1. The number of hydrogen-bond acceptors (Lipinski definition) is 6. The number of thiazole rings is 1. The second-order valence-corrected chi connectivity index (χ2v) is 9.77. The average molecular weight is 432 g/mol. The molecule has 0 atom stereocenters. The van der Waals surface area contributed by atoms with E-state index in [-0.39, 0.29) is 10.8 Å². The fourth-order valence-corrected chi connectivity index (χ4v) is 5.83. The van der Waals surface area contributed by atoms with Crippen LogP contribution in [0.5, 0.6) is 5.75 Å². The summed E-state index contributed by atoms with van der Waals surface area (Å²) in [5.41, 5.74) is 1.10. The molecular formula is C20H21N3O4S2. The van der Waals surface area contributed by atoms with Crippen LogP contribution in [0.2, 0.25) is 0 Å². The predicted molar refractivity (Wildman–Crippen MR) is 113 cm³/mol. The van der Waals surface area contributed by atoms with Gasteiger partial charge in [0.1, 0.15) is 5.75 Å². The molecule has 152 valence electrons. The van der Waals surface area contributed by atoms with E-state index in [1.54, 1.807) is 53.9 Å². The zero-order chi connectivity index (χ0) is 20.4. The summed E-state index contributed by atoms with van der Waals surface area (Å²) in [5, 5.41) is 3.19. The van der Waals surface area contributed by atoms with Crippen molar-refractivity contribution in [3.63, 3.8) is 0 Å². The van der Waals surface area contributed by atoms with Gasteiger partial charge in [-0.05, 0) is 49.2 Å².